The molecule has 1 N–H and O–H groups in total. The van der Waals surface area contributed by atoms with E-state index in [0.717, 1.165) is 60.5 Å². The van der Waals surface area contributed by atoms with Gasteiger partial charge >= 0.3 is 0 Å². The van der Waals surface area contributed by atoms with Gasteiger partial charge in [-0.2, -0.15) is 0 Å². The Balaban J connectivity index is 1.72. The third-order valence-electron chi connectivity index (χ3n) is 4.48. The number of hydrogen-bond donors (Lipinski definition) is 1. The van der Waals surface area contributed by atoms with Crippen molar-refractivity contribution in [1.82, 2.24) is 20.1 Å². The van der Waals surface area contributed by atoms with E-state index in [-0.39, 0.29) is 11.8 Å². The highest BCUT2D eigenvalue weighted by atomic mass is 32.1. The van der Waals surface area contributed by atoms with Crippen molar-refractivity contribution in [3.8, 4) is 5.13 Å². The summed E-state index contributed by atoms with van der Waals surface area (Å²) in [5.41, 5.74) is 2.32. The van der Waals surface area contributed by atoms with Gasteiger partial charge in [0.1, 0.15) is 0 Å². The molecule has 0 aliphatic carbocycles. The molecule has 1 saturated heterocycles. The van der Waals surface area contributed by atoms with Crippen LogP contribution in [0, 0.1) is 19.8 Å². The molecule has 6 nitrogen and oxygen atoms in total. The molecule has 130 valence electrons. The molecule has 7 heteroatoms. The van der Waals surface area contributed by atoms with Crippen LogP contribution in [0.25, 0.3) is 5.13 Å². The highest BCUT2D eigenvalue weighted by Gasteiger charge is 2.27. The Morgan fingerprint density at radius 3 is 2.71 bits per heavy atom. The molecule has 0 spiro atoms. The van der Waals surface area contributed by atoms with Crippen molar-refractivity contribution in [3.63, 3.8) is 0 Å². The van der Waals surface area contributed by atoms with Crippen LogP contribution in [0.1, 0.15) is 37.6 Å². The molecule has 1 amide bonds. The molecule has 0 saturated carbocycles. The molecule has 0 aromatic carbocycles. The average molecular weight is 347 g/mol. The van der Waals surface area contributed by atoms with Crippen LogP contribution in [0.4, 0.5) is 5.13 Å². The number of rotatable bonds is 5. The predicted octanol–water partition coefficient (Wildman–Crippen LogP) is 2.69. The smallest absolute Gasteiger partial charge is 0.224 e. The van der Waals surface area contributed by atoms with Gasteiger partial charge in [0.15, 0.2) is 0 Å². The lowest BCUT2D eigenvalue weighted by atomic mass is 9.97. The molecule has 0 bridgehead atoms. The van der Waals surface area contributed by atoms with E-state index in [4.69, 9.17) is 0 Å². The monoisotopic (exact) mass is 347 g/mol. The molecule has 1 aliphatic heterocycles. The number of aryl methyl sites for hydroxylation is 2. The van der Waals surface area contributed by atoms with E-state index < -0.39 is 0 Å². The molecule has 24 heavy (non-hydrogen) atoms. The fourth-order valence-corrected chi connectivity index (χ4v) is 4.15. The molecule has 1 aliphatic rings. The second-order valence-electron chi connectivity index (χ2n) is 6.39. The maximum atomic E-state index is 12.2. The van der Waals surface area contributed by atoms with Crippen LogP contribution in [0.3, 0.4) is 0 Å². The van der Waals surface area contributed by atoms with Gasteiger partial charge < -0.3 is 10.2 Å². The molecule has 1 fully saturated rings. The number of piperidine rings is 1. The quantitative estimate of drug-likeness (QED) is 0.903. The third-order valence-corrected chi connectivity index (χ3v) is 5.45. The van der Waals surface area contributed by atoms with Gasteiger partial charge in [-0.1, -0.05) is 18.3 Å². The van der Waals surface area contributed by atoms with Crippen LogP contribution >= 0.6 is 11.3 Å². The number of anilines is 1. The summed E-state index contributed by atoms with van der Waals surface area (Å²) in [6, 6.07) is 4.18. The van der Waals surface area contributed by atoms with Crippen LogP contribution in [-0.2, 0) is 4.79 Å². The maximum absolute atomic E-state index is 12.2. The fraction of sp³-hybridized carbons (Fsp3) is 0.588. The maximum Gasteiger partial charge on any atom is 0.224 e. The average Bonchev–Trinajstić information content (AvgIpc) is 3.19. The molecule has 1 unspecified atom stereocenters. The van der Waals surface area contributed by atoms with Gasteiger partial charge in [-0.3, -0.25) is 9.36 Å². The van der Waals surface area contributed by atoms with Gasteiger partial charge in [-0.05, 0) is 45.2 Å². The Morgan fingerprint density at radius 1 is 1.29 bits per heavy atom. The number of nitrogens with zero attached hydrogens (tertiary/aromatic N) is 4. The second-order valence-corrected chi connectivity index (χ2v) is 7.33. The lowest BCUT2D eigenvalue weighted by Gasteiger charge is -2.31. The summed E-state index contributed by atoms with van der Waals surface area (Å²) in [5, 5.41) is 13.6. The summed E-state index contributed by atoms with van der Waals surface area (Å²) in [5.74, 6) is 0.219. The first-order valence-corrected chi connectivity index (χ1v) is 9.43. The lowest BCUT2D eigenvalue weighted by Crippen LogP contribution is -2.43. The molecule has 0 radical (unpaired) electrons. The van der Waals surface area contributed by atoms with Crippen molar-refractivity contribution in [1.29, 1.82) is 0 Å². The fourth-order valence-electron chi connectivity index (χ4n) is 3.15. The Kier molecular flexibility index (Phi) is 5.18. The zero-order valence-corrected chi connectivity index (χ0v) is 15.4. The normalized spacial score (nSPS) is 18.0. The number of hydrogen-bond acceptors (Lipinski definition) is 5. The van der Waals surface area contributed by atoms with E-state index in [9.17, 15) is 4.79 Å². The van der Waals surface area contributed by atoms with Crippen LogP contribution < -0.4 is 10.2 Å². The number of carbonyl (C=O) groups is 1. The first-order chi connectivity index (χ1) is 11.6. The Hall–Kier alpha value is -1.89. The second kappa shape index (κ2) is 7.34. The molecule has 1 atom stereocenters. The minimum Gasteiger partial charge on any atom is -0.356 e. The molecule has 2 aromatic heterocycles. The lowest BCUT2D eigenvalue weighted by molar-refractivity contribution is -0.125. The summed E-state index contributed by atoms with van der Waals surface area (Å²) >= 11 is 1.59. The van der Waals surface area contributed by atoms with Crippen LogP contribution in [0.2, 0.25) is 0 Å². The zero-order chi connectivity index (χ0) is 17.1. The minimum atomic E-state index is 0.0488. The van der Waals surface area contributed by atoms with Crippen molar-refractivity contribution < 1.29 is 4.79 Å². The van der Waals surface area contributed by atoms with E-state index in [1.807, 2.05) is 0 Å². The molecule has 2 aromatic rings. The van der Waals surface area contributed by atoms with Gasteiger partial charge in [0.2, 0.25) is 16.2 Å². The van der Waals surface area contributed by atoms with Gasteiger partial charge in [-0.15, -0.1) is 10.2 Å². The number of carbonyl (C=O) groups excluding carboxylic acids is 1. The summed E-state index contributed by atoms with van der Waals surface area (Å²) in [6.45, 7) is 8.64. The highest BCUT2D eigenvalue weighted by Crippen LogP contribution is 2.29. The first-order valence-electron chi connectivity index (χ1n) is 8.61. The number of amides is 1. The van der Waals surface area contributed by atoms with E-state index in [2.05, 4.69) is 57.9 Å². The van der Waals surface area contributed by atoms with Gasteiger partial charge in [0, 0.05) is 31.0 Å². The topological polar surface area (TPSA) is 63.1 Å². The summed E-state index contributed by atoms with van der Waals surface area (Å²) in [4.78, 5) is 14.4. The molecule has 3 heterocycles. The standard InChI is InChI=1S/C17H25N5OS/c1-4-9-18-15(23)14-6-5-10-21(11-14)16-19-20-17(24-16)22-12(2)7-8-13(22)3/h7-8,14H,4-6,9-11H2,1-3H3,(H,18,23). The van der Waals surface area contributed by atoms with Gasteiger partial charge in [0.25, 0.3) is 0 Å². The van der Waals surface area contributed by atoms with Crippen LogP contribution in [0.5, 0.6) is 0 Å². The van der Waals surface area contributed by atoms with E-state index in [0.29, 0.717) is 0 Å². The van der Waals surface area contributed by atoms with E-state index >= 15 is 0 Å². The van der Waals surface area contributed by atoms with Crippen molar-refractivity contribution in [2.75, 3.05) is 24.5 Å². The van der Waals surface area contributed by atoms with Crippen molar-refractivity contribution in [2.24, 2.45) is 5.92 Å². The van der Waals surface area contributed by atoms with Crippen molar-refractivity contribution >= 4 is 22.4 Å². The molecular weight excluding hydrogens is 322 g/mol. The first kappa shape index (κ1) is 17.0. The van der Waals surface area contributed by atoms with Crippen LogP contribution in [-0.4, -0.2) is 40.3 Å². The SMILES string of the molecule is CCCNC(=O)C1CCCN(c2nnc(-n3c(C)ccc3C)s2)C1. The van der Waals surface area contributed by atoms with Crippen molar-refractivity contribution in [3.05, 3.63) is 23.5 Å². The summed E-state index contributed by atoms with van der Waals surface area (Å²) < 4.78 is 2.12. The zero-order valence-electron chi connectivity index (χ0n) is 14.6. The Morgan fingerprint density at radius 2 is 2.00 bits per heavy atom. The van der Waals surface area contributed by atoms with Crippen LogP contribution in [0.15, 0.2) is 12.1 Å². The van der Waals surface area contributed by atoms with Gasteiger partial charge in [-0.25, -0.2) is 0 Å². The summed E-state index contributed by atoms with van der Waals surface area (Å²) in [7, 11) is 0. The predicted molar refractivity (Wildman–Crippen MR) is 96.9 cm³/mol. The Bertz CT molecular complexity index is 688. The minimum absolute atomic E-state index is 0.0488. The molecular formula is C17H25N5OS. The van der Waals surface area contributed by atoms with Crippen molar-refractivity contribution in [2.45, 2.75) is 40.0 Å². The number of aromatic nitrogens is 3. The Labute approximate surface area is 146 Å². The highest BCUT2D eigenvalue weighted by molar-refractivity contribution is 7.17. The third kappa shape index (κ3) is 3.45. The molecule has 3 rings (SSSR count). The number of nitrogens with one attached hydrogen (secondary N) is 1. The largest absolute Gasteiger partial charge is 0.356 e. The summed E-state index contributed by atoms with van der Waals surface area (Å²) in [6.07, 6.45) is 2.94. The van der Waals surface area contributed by atoms with E-state index in [1.54, 1.807) is 11.3 Å². The van der Waals surface area contributed by atoms with E-state index in [1.165, 1.54) is 0 Å². The van der Waals surface area contributed by atoms with Gasteiger partial charge in [0.05, 0.1) is 5.92 Å².